The summed E-state index contributed by atoms with van der Waals surface area (Å²) in [5.41, 5.74) is 4.43. The molecule has 0 spiro atoms. The molecule has 0 aliphatic heterocycles. The van der Waals surface area contributed by atoms with E-state index >= 15 is 0 Å². The van der Waals surface area contributed by atoms with Gasteiger partial charge in [-0.15, -0.1) is 0 Å². The number of carbonyl (C=O) groups is 1. The van der Waals surface area contributed by atoms with Crippen molar-refractivity contribution in [1.82, 2.24) is 0 Å². The van der Waals surface area contributed by atoms with E-state index in [2.05, 4.69) is 26.0 Å². The van der Waals surface area contributed by atoms with Crippen molar-refractivity contribution >= 4 is 5.97 Å². The second kappa shape index (κ2) is 12.7. The molecule has 1 aromatic carbocycles. The Bertz CT molecular complexity index is 830. The van der Waals surface area contributed by atoms with Gasteiger partial charge < -0.3 is 24.4 Å². The Morgan fingerprint density at radius 3 is 1.87 bits per heavy atom. The largest absolute Gasteiger partial charge is 0.504 e. The van der Waals surface area contributed by atoms with Crippen LogP contribution >= 0.6 is 0 Å². The number of allylic oxidation sites excluding steroid dienone is 5. The van der Waals surface area contributed by atoms with E-state index in [1.165, 1.54) is 25.4 Å². The summed E-state index contributed by atoms with van der Waals surface area (Å²) in [7, 11) is 4.58. The zero-order chi connectivity index (χ0) is 23.6. The molecule has 0 unspecified atom stereocenters. The first kappa shape index (κ1) is 26.1. The van der Waals surface area contributed by atoms with E-state index in [-0.39, 0.29) is 11.5 Å². The van der Waals surface area contributed by atoms with Gasteiger partial charge in [-0.05, 0) is 59.8 Å². The van der Waals surface area contributed by atoms with E-state index in [4.69, 9.17) is 19.3 Å². The number of methoxy groups -OCH3 is 3. The molecule has 0 aromatic heterocycles. The number of aliphatic carboxylic acids is 1. The van der Waals surface area contributed by atoms with Gasteiger partial charge in [0.05, 0.1) is 21.3 Å². The molecule has 6 heteroatoms. The maximum absolute atomic E-state index is 10.8. The van der Waals surface area contributed by atoms with Crippen LogP contribution in [0.15, 0.2) is 34.9 Å². The van der Waals surface area contributed by atoms with Crippen LogP contribution in [0.25, 0.3) is 0 Å². The van der Waals surface area contributed by atoms with E-state index in [1.807, 2.05) is 6.92 Å². The van der Waals surface area contributed by atoms with Gasteiger partial charge in [0.2, 0.25) is 11.5 Å². The van der Waals surface area contributed by atoms with Gasteiger partial charge in [0.15, 0.2) is 11.5 Å². The molecule has 0 aliphatic carbocycles. The first-order valence-electron chi connectivity index (χ1n) is 10.4. The van der Waals surface area contributed by atoms with Crippen molar-refractivity contribution in [3.05, 3.63) is 46.1 Å². The average Bonchev–Trinajstić information content (AvgIpc) is 2.72. The summed E-state index contributed by atoms with van der Waals surface area (Å²) in [6.45, 7) is 7.65. The number of phenols is 1. The SMILES string of the molecule is COc1c(C)c(C/C=C(\C)CC/C=C(\C)CC/C=C(/C)C(=O)O)c(O)c(OC)c1OC. The number of ether oxygens (including phenoxy) is 3. The number of phenolic OH excluding ortho intramolecular Hbond substituents is 1. The van der Waals surface area contributed by atoms with Gasteiger partial charge in [-0.3, -0.25) is 0 Å². The third-order valence-electron chi connectivity index (χ3n) is 5.33. The summed E-state index contributed by atoms with van der Waals surface area (Å²) >= 11 is 0. The third-order valence-corrected chi connectivity index (χ3v) is 5.33. The van der Waals surface area contributed by atoms with Crippen LogP contribution < -0.4 is 14.2 Å². The Hall–Kier alpha value is -2.89. The van der Waals surface area contributed by atoms with Crippen molar-refractivity contribution in [2.75, 3.05) is 21.3 Å². The molecule has 31 heavy (non-hydrogen) atoms. The Morgan fingerprint density at radius 1 is 0.839 bits per heavy atom. The Balaban J connectivity index is 2.80. The first-order valence-corrected chi connectivity index (χ1v) is 10.4. The van der Waals surface area contributed by atoms with E-state index < -0.39 is 5.97 Å². The zero-order valence-corrected chi connectivity index (χ0v) is 19.8. The number of hydrogen-bond acceptors (Lipinski definition) is 5. The predicted octanol–water partition coefficient (Wildman–Crippen LogP) is 5.75. The molecule has 0 fully saturated rings. The number of carboxylic acids is 1. The maximum Gasteiger partial charge on any atom is 0.330 e. The van der Waals surface area contributed by atoms with Crippen LogP contribution in [-0.4, -0.2) is 37.5 Å². The average molecular weight is 433 g/mol. The molecule has 2 N–H and O–H groups in total. The summed E-state index contributed by atoms with van der Waals surface area (Å²) < 4.78 is 16.2. The Kier molecular flexibility index (Phi) is 10.7. The molecule has 0 saturated carbocycles. The highest BCUT2D eigenvalue weighted by atomic mass is 16.5. The van der Waals surface area contributed by atoms with E-state index in [1.54, 1.807) is 20.1 Å². The lowest BCUT2D eigenvalue weighted by Gasteiger charge is -2.19. The molecule has 0 heterocycles. The lowest BCUT2D eigenvalue weighted by atomic mass is 9.99. The minimum Gasteiger partial charge on any atom is -0.504 e. The molecule has 0 amide bonds. The van der Waals surface area contributed by atoms with Crippen molar-refractivity contribution in [3.63, 3.8) is 0 Å². The minimum atomic E-state index is -0.865. The van der Waals surface area contributed by atoms with Gasteiger partial charge in [-0.2, -0.15) is 0 Å². The second-order valence-corrected chi connectivity index (χ2v) is 7.63. The molecule has 1 aromatic rings. The van der Waals surface area contributed by atoms with Crippen LogP contribution in [0.2, 0.25) is 0 Å². The summed E-state index contributed by atoms with van der Waals surface area (Å²) in [4.78, 5) is 10.8. The van der Waals surface area contributed by atoms with Gasteiger partial charge in [0.25, 0.3) is 0 Å². The van der Waals surface area contributed by atoms with Crippen molar-refractivity contribution in [1.29, 1.82) is 0 Å². The lowest BCUT2D eigenvalue weighted by molar-refractivity contribution is -0.132. The second-order valence-electron chi connectivity index (χ2n) is 7.63. The zero-order valence-electron chi connectivity index (χ0n) is 19.8. The van der Waals surface area contributed by atoms with Crippen molar-refractivity contribution in [3.8, 4) is 23.0 Å². The molecule has 0 bridgehead atoms. The number of carboxylic acid groups (broad SMARTS) is 1. The third kappa shape index (κ3) is 7.39. The quantitative estimate of drug-likeness (QED) is 0.323. The number of aromatic hydroxyl groups is 1. The number of hydrogen-bond donors (Lipinski definition) is 2. The van der Waals surface area contributed by atoms with Crippen LogP contribution in [0, 0.1) is 6.92 Å². The monoisotopic (exact) mass is 432 g/mol. The van der Waals surface area contributed by atoms with Crippen LogP contribution in [-0.2, 0) is 11.2 Å². The summed E-state index contributed by atoms with van der Waals surface area (Å²) in [6, 6.07) is 0. The molecule has 0 saturated heterocycles. The van der Waals surface area contributed by atoms with E-state index in [0.29, 0.717) is 23.5 Å². The maximum atomic E-state index is 10.8. The smallest absolute Gasteiger partial charge is 0.330 e. The van der Waals surface area contributed by atoms with Crippen LogP contribution in [0.3, 0.4) is 0 Å². The first-order chi connectivity index (χ1) is 14.7. The molecular formula is C25H36O6. The number of benzene rings is 1. The normalized spacial score (nSPS) is 12.7. The highest BCUT2D eigenvalue weighted by molar-refractivity contribution is 5.85. The van der Waals surface area contributed by atoms with Crippen LogP contribution in [0.5, 0.6) is 23.0 Å². The van der Waals surface area contributed by atoms with Gasteiger partial charge in [0.1, 0.15) is 0 Å². The van der Waals surface area contributed by atoms with Crippen molar-refractivity contribution in [2.45, 2.75) is 59.8 Å². The van der Waals surface area contributed by atoms with Crippen molar-refractivity contribution < 1.29 is 29.2 Å². The molecule has 0 aliphatic rings. The number of rotatable bonds is 12. The Morgan fingerprint density at radius 2 is 1.35 bits per heavy atom. The van der Waals surface area contributed by atoms with Gasteiger partial charge in [0, 0.05) is 16.7 Å². The minimum absolute atomic E-state index is 0.0714. The molecule has 6 nitrogen and oxygen atoms in total. The lowest BCUT2D eigenvalue weighted by Crippen LogP contribution is -2.01. The van der Waals surface area contributed by atoms with Gasteiger partial charge in [-0.25, -0.2) is 4.79 Å². The molecule has 0 atom stereocenters. The molecule has 172 valence electrons. The summed E-state index contributed by atoms with van der Waals surface area (Å²) in [5.74, 6) is 0.428. The van der Waals surface area contributed by atoms with Crippen molar-refractivity contribution in [2.24, 2.45) is 0 Å². The topological polar surface area (TPSA) is 85.2 Å². The Labute approximate surface area is 185 Å². The summed E-state index contributed by atoms with van der Waals surface area (Å²) in [5, 5.41) is 19.6. The fraction of sp³-hybridized carbons (Fsp3) is 0.480. The van der Waals surface area contributed by atoms with Crippen LogP contribution in [0.1, 0.15) is 57.6 Å². The molecule has 0 radical (unpaired) electrons. The highest BCUT2D eigenvalue weighted by Gasteiger charge is 2.23. The highest BCUT2D eigenvalue weighted by Crippen LogP contribution is 2.48. The standard InChI is InChI=1S/C25H36O6/c1-16(12-9-13-18(3)25(27)28)10-8-11-17(2)14-15-20-19(4)22(29-5)24(31-7)23(30-6)21(20)26/h10,13-14,26H,8-9,11-12,15H2,1-7H3,(H,27,28)/b16-10+,17-14+,18-13-. The molecular weight excluding hydrogens is 396 g/mol. The fourth-order valence-corrected chi connectivity index (χ4v) is 3.33. The molecule has 1 rings (SSSR count). The van der Waals surface area contributed by atoms with Crippen LogP contribution in [0.4, 0.5) is 0 Å². The fourth-order valence-electron chi connectivity index (χ4n) is 3.33. The predicted molar refractivity (Wildman–Crippen MR) is 124 cm³/mol. The van der Waals surface area contributed by atoms with Gasteiger partial charge in [-0.1, -0.05) is 29.4 Å². The van der Waals surface area contributed by atoms with Gasteiger partial charge >= 0.3 is 5.97 Å². The van der Waals surface area contributed by atoms with E-state index in [0.717, 1.165) is 36.8 Å². The van der Waals surface area contributed by atoms with E-state index in [9.17, 15) is 9.90 Å². The summed E-state index contributed by atoms with van der Waals surface area (Å²) in [6.07, 6.45) is 10.0.